The van der Waals surface area contributed by atoms with Gasteiger partial charge >= 0.3 is 5.97 Å². The van der Waals surface area contributed by atoms with E-state index in [1.807, 2.05) is 36.7 Å². The Morgan fingerprint density at radius 3 is 2.26 bits per heavy atom. The third-order valence-electron chi connectivity index (χ3n) is 5.37. The maximum Gasteiger partial charge on any atom is 0.329 e. The number of carbonyl (C=O) groups excluding carboxylic acids is 1. The molecule has 27 heavy (non-hydrogen) atoms. The van der Waals surface area contributed by atoms with Crippen LogP contribution in [0.1, 0.15) is 65.8 Å². The Bertz CT molecular complexity index is 816. The number of hydrogen-bond donors (Lipinski definition) is 2. The maximum atomic E-state index is 12.7. The molecule has 1 saturated carbocycles. The van der Waals surface area contributed by atoms with Crippen molar-refractivity contribution in [1.82, 2.24) is 15.1 Å². The van der Waals surface area contributed by atoms with Crippen LogP contribution in [-0.4, -0.2) is 32.3 Å². The first-order chi connectivity index (χ1) is 12.9. The zero-order valence-electron chi connectivity index (χ0n) is 16.0. The van der Waals surface area contributed by atoms with Gasteiger partial charge in [-0.3, -0.25) is 9.48 Å². The van der Waals surface area contributed by atoms with Crippen LogP contribution in [-0.2, 0) is 11.3 Å². The first-order valence-corrected chi connectivity index (χ1v) is 9.55. The third-order valence-corrected chi connectivity index (χ3v) is 5.37. The number of carbonyl (C=O) groups is 2. The van der Waals surface area contributed by atoms with Crippen molar-refractivity contribution >= 4 is 11.9 Å². The van der Waals surface area contributed by atoms with Crippen LogP contribution < -0.4 is 5.32 Å². The van der Waals surface area contributed by atoms with Gasteiger partial charge in [-0.05, 0) is 50.5 Å². The molecule has 0 atom stereocenters. The number of hydrogen-bond acceptors (Lipinski definition) is 3. The van der Waals surface area contributed by atoms with E-state index in [9.17, 15) is 14.7 Å². The normalized spacial score (nSPS) is 16.5. The van der Waals surface area contributed by atoms with Crippen LogP contribution in [0.2, 0.25) is 0 Å². The Kier molecular flexibility index (Phi) is 5.63. The van der Waals surface area contributed by atoms with Gasteiger partial charge in [-0.2, -0.15) is 5.10 Å². The van der Waals surface area contributed by atoms with Crippen molar-refractivity contribution in [2.45, 2.75) is 64.5 Å². The largest absolute Gasteiger partial charge is 0.480 e. The number of carboxylic acid groups (broad SMARTS) is 1. The molecular weight excluding hydrogens is 342 g/mol. The number of amides is 1. The van der Waals surface area contributed by atoms with Crippen LogP contribution in [0.5, 0.6) is 0 Å². The minimum Gasteiger partial charge on any atom is -0.480 e. The van der Waals surface area contributed by atoms with Crippen molar-refractivity contribution in [3.8, 4) is 0 Å². The lowest BCUT2D eigenvalue weighted by Crippen LogP contribution is -2.54. The molecule has 144 valence electrons. The molecule has 6 heteroatoms. The second-order valence-corrected chi connectivity index (χ2v) is 7.54. The summed E-state index contributed by atoms with van der Waals surface area (Å²) >= 11 is 0. The van der Waals surface area contributed by atoms with E-state index in [0.29, 0.717) is 24.9 Å². The quantitative estimate of drug-likeness (QED) is 0.791. The number of aromatic nitrogens is 2. The zero-order chi connectivity index (χ0) is 19.4. The lowest BCUT2D eigenvalue weighted by molar-refractivity contribution is -0.145. The predicted molar refractivity (Wildman–Crippen MR) is 103 cm³/mol. The molecule has 1 fully saturated rings. The minimum absolute atomic E-state index is 0.322. The summed E-state index contributed by atoms with van der Waals surface area (Å²) in [6, 6.07) is 9.32. The Balaban J connectivity index is 1.71. The summed E-state index contributed by atoms with van der Waals surface area (Å²) in [6.45, 7) is 4.61. The van der Waals surface area contributed by atoms with E-state index < -0.39 is 11.5 Å². The van der Waals surface area contributed by atoms with Gasteiger partial charge in [-0.1, -0.05) is 37.8 Å². The highest BCUT2D eigenvalue weighted by Crippen LogP contribution is 2.28. The summed E-state index contributed by atoms with van der Waals surface area (Å²) in [7, 11) is 0. The van der Waals surface area contributed by atoms with E-state index in [2.05, 4.69) is 10.4 Å². The Morgan fingerprint density at radius 2 is 1.74 bits per heavy atom. The number of rotatable bonds is 5. The molecule has 0 aliphatic heterocycles. The van der Waals surface area contributed by atoms with Crippen LogP contribution in [0, 0.1) is 13.8 Å². The van der Waals surface area contributed by atoms with Gasteiger partial charge < -0.3 is 10.4 Å². The van der Waals surface area contributed by atoms with Crippen LogP contribution >= 0.6 is 0 Å². The average Bonchev–Trinajstić information content (AvgIpc) is 2.82. The summed E-state index contributed by atoms with van der Waals surface area (Å²) in [4.78, 5) is 24.5. The molecule has 1 aromatic heterocycles. The van der Waals surface area contributed by atoms with Gasteiger partial charge in [0.05, 0.1) is 12.2 Å². The van der Waals surface area contributed by atoms with Gasteiger partial charge in [0.2, 0.25) is 0 Å². The first-order valence-electron chi connectivity index (χ1n) is 9.55. The molecular formula is C21H27N3O3. The van der Waals surface area contributed by atoms with Gasteiger partial charge in [0.15, 0.2) is 0 Å². The van der Waals surface area contributed by atoms with E-state index in [4.69, 9.17) is 0 Å². The molecule has 0 radical (unpaired) electrons. The molecule has 2 N–H and O–H groups in total. The van der Waals surface area contributed by atoms with Crippen molar-refractivity contribution in [3.63, 3.8) is 0 Å². The monoisotopic (exact) mass is 369 g/mol. The first kappa shape index (κ1) is 19.1. The second-order valence-electron chi connectivity index (χ2n) is 7.54. The average molecular weight is 369 g/mol. The molecule has 2 aromatic rings. The summed E-state index contributed by atoms with van der Waals surface area (Å²) in [5.74, 6) is -1.25. The van der Waals surface area contributed by atoms with Gasteiger partial charge in [0.1, 0.15) is 5.54 Å². The maximum absolute atomic E-state index is 12.7. The zero-order valence-corrected chi connectivity index (χ0v) is 16.0. The molecule has 0 saturated heterocycles. The van der Waals surface area contributed by atoms with Gasteiger partial charge in [-0.15, -0.1) is 0 Å². The standard InChI is InChI=1S/C21H27N3O3/c1-15-13-16(2)24(23-15)14-17-7-9-18(10-8-17)19(25)22-21(20(26)27)11-5-3-4-6-12-21/h7-10,13H,3-6,11-12,14H2,1-2H3,(H,22,25)(H,26,27). The fourth-order valence-corrected chi connectivity index (χ4v) is 3.78. The molecule has 1 aliphatic rings. The molecule has 1 amide bonds. The molecule has 1 heterocycles. The summed E-state index contributed by atoms with van der Waals surface area (Å²) in [5, 5.41) is 17.0. The minimum atomic E-state index is -1.14. The third kappa shape index (κ3) is 4.38. The van der Waals surface area contributed by atoms with Gasteiger partial charge in [-0.25, -0.2) is 4.79 Å². The summed E-state index contributed by atoms with van der Waals surface area (Å²) in [5.41, 5.74) is 2.45. The number of aryl methyl sites for hydroxylation is 2. The van der Waals surface area contributed by atoms with E-state index >= 15 is 0 Å². The Labute approximate surface area is 159 Å². The van der Waals surface area contributed by atoms with E-state index in [1.165, 1.54) is 0 Å². The smallest absolute Gasteiger partial charge is 0.329 e. The highest BCUT2D eigenvalue weighted by molar-refractivity contribution is 5.97. The Hall–Kier alpha value is -2.63. The lowest BCUT2D eigenvalue weighted by Gasteiger charge is -2.29. The SMILES string of the molecule is Cc1cc(C)n(Cc2ccc(C(=O)NC3(C(=O)O)CCCCCC3)cc2)n1. The Morgan fingerprint density at radius 1 is 1.11 bits per heavy atom. The molecule has 6 nitrogen and oxygen atoms in total. The molecule has 1 aromatic carbocycles. The topological polar surface area (TPSA) is 84.2 Å². The highest BCUT2D eigenvalue weighted by Gasteiger charge is 2.40. The molecule has 0 spiro atoms. The van der Waals surface area contributed by atoms with Crippen molar-refractivity contribution in [2.75, 3.05) is 0 Å². The lowest BCUT2D eigenvalue weighted by atomic mass is 9.89. The van der Waals surface area contributed by atoms with Crippen LogP contribution in [0.3, 0.4) is 0 Å². The number of aliphatic carboxylic acids is 1. The summed E-state index contributed by atoms with van der Waals surface area (Å²) < 4.78 is 1.93. The van der Waals surface area contributed by atoms with E-state index in [-0.39, 0.29) is 5.91 Å². The van der Waals surface area contributed by atoms with Crippen molar-refractivity contribution in [1.29, 1.82) is 0 Å². The van der Waals surface area contributed by atoms with Crippen LogP contribution in [0.4, 0.5) is 0 Å². The van der Waals surface area contributed by atoms with E-state index in [0.717, 1.165) is 42.6 Å². The fraction of sp³-hybridized carbons (Fsp3) is 0.476. The van der Waals surface area contributed by atoms with Crippen molar-refractivity contribution < 1.29 is 14.7 Å². The highest BCUT2D eigenvalue weighted by atomic mass is 16.4. The van der Waals surface area contributed by atoms with Gasteiger partial charge in [0, 0.05) is 11.3 Å². The fourth-order valence-electron chi connectivity index (χ4n) is 3.78. The predicted octanol–water partition coefficient (Wildman–Crippen LogP) is 3.46. The number of benzene rings is 1. The second kappa shape index (κ2) is 7.94. The molecule has 0 unspecified atom stereocenters. The number of carboxylic acids is 1. The number of nitrogens with one attached hydrogen (secondary N) is 1. The molecule has 3 rings (SSSR count). The van der Waals surface area contributed by atoms with Gasteiger partial charge in [0.25, 0.3) is 5.91 Å². The molecule has 1 aliphatic carbocycles. The van der Waals surface area contributed by atoms with Crippen LogP contribution in [0.25, 0.3) is 0 Å². The molecule has 0 bridgehead atoms. The van der Waals surface area contributed by atoms with E-state index in [1.54, 1.807) is 12.1 Å². The van der Waals surface area contributed by atoms with Crippen molar-refractivity contribution in [2.24, 2.45) is 0 Å². The van der Waals surface area contributed by atoms with Crippen LogP contribution in [0.15, 0.2) is 30.3 Å². The number of nitrogens with zero attached hydrogens (tertiary/aromatic N) is 2. The van der Waals surface area contributed by atoms with Crippen molar-refractivity contribution in [3.05, 3.63) is 52.8 Å². The summed E-state index contributed by atoms with van der Waals surface area (Å²) in [6.07, 6.45) is 4.67.